The summed E-state index contributed by atoms with van der Waals surface area (Å²) < 4.78 is 13.2. The summed E-state index contributed by atoms with van der Waals surface area (Å²) in [7, 11) is 4.32. The van der Waals surface area contributed by atoms with Crippen molar-refractivity contribution >= 4 is 0 Å². The number of rotatable bonds is 4. The molecule has 1 heterocycles. The molecule has 0 aromatic heterocycles. The Morgan fingerprint density at radius 3 is 2.63 bits per heavy atom. The Morgan fingerprint density at radius 1 is 1.32 bits per heavy atom. The summed E-state index contributed by atoms with van der Waals surface area (Å²) >= 11 is 0. The molecule has 0 saturated carbocycles. The first-order valence-electron chi connectivity index (χ1n) is 6.96. The quantitative estimate of drug-likeness (QED) is 0.901. The number of hydrogen-bond donors (Lipinski definition) is 1. The Bertz CT molecular complexity index is 414. The molecule has 1 aliphatic rings. The second-order valence-corrected chi connectivity index (χ2v) is 5.57. The van der Waals surface area contributed by atoms with Crippen LogP contribution in [0.1, 0.15) is 24.0 Å². The summed E-state index contributed by atoms with van der Waals surface area (Å²) in [5.41, 5.74) is 7.76. The monoisotopic (exact) mass is 265 g/mol. The molecule has 1 aromatic rings. The van der Waals surface area contributed by atoms with E-state index in [1.807, 2.05) is 6.07 Å². The molecule has 1 fully saturated rings. The highest BCUT2D eigenvalue weighted by Crippen LogP contribution is 2.19. The van der Waals surface area contributed by atoms with E-state index in [4.69, 9.17) is 5.73 Å². The summed E-state index contributed by atoms with van der Waals surface area (Å²) in [4.78, 5) is 4.74. The molecular weight excluding hydrogens is 241 g/mol. The fraction of sp³-hybridized carbons (Fsp3) is 0.600. The second-order valence-electron chi connectivity index (χ2n) is 5.57. The number of piperidine rings is 1. The van der Waals surface area contributed by atoms with Crippen LogP contribution < -0.4 is 5.73 Å². The van der Waals surface area contributed by atoms with E-state index < -0.39 is 0 Å². The van der Waals surface area contributed by atoms with Crippen LogP contribution in [0.5, 0.6) is 0 Å². The topological polar surface area (TPSA) is 32.5 Å². The number of nitrogens with two attached hydrogens (primary N) is 1. The standard InChI is InChI=1S/C15H24FN3/c1-18-7-5-15(6-8-18)19(2)11-12-3-4-14(16)9-13(12)10-17/h3-4,9,15H,5-8,10-11,17H2,1-2H3. The van der Waals surface area contributed by atoms with Crippen molar-refractivity contribution in [2.45, 2.75) is 32.0 Å². The summed E-state index contributed by atoms with van der Waals surface area (Å²) in [6.45, 7) is 3.56. The number of benzene rings is 1. The fourth-order valence-electron chi connectivity index (χ4n) is 2.77. The molecule has 0 amide bonds. The van der Waals surface area contributed by atoms with Gasteiger partial charge in [0.1, 0.15) is 5.82 Å². The number of halogens is 1. The lowest BCUT2D eigenvalue weighted by Gasteiger charge is -2.35. The molecule has 3 nitrogen and oxygen atoms in total. The Hall–Kier alpha value is -0.970. The predicted molar refractivity (Wildman–Crippen MR) is 76.3 cm³/mol. The van der Waals surface area contributed by atoms with E-state index in [1.54, 1.807) is 6.07 Å². The molecule has 19 heavy (non-hydrogen) atoms. The molecule has 0 aliphatic carbocycles. The molecule has 4 heteroatoms. The lowest BCUT2D eigenvalue weighted by Crippen LogP contribution is -2.41. The van der Waals surface area contributed by atoms with Crippen molar-refractivity contribution in [2.24, 2.45) is 5.73 Å². The highest BCUT2D eigenvalue weighted by Gasteiger charge is 2.21. The lowest BCUT2D eigenvalue weighted by atomic mass is 10.0. The normalized spacial score (nSPS) is 18.2. The van der Waals surface area contributed by atoms with Gasteiger partial charge >= 0.3 is 0 Å². The van der Waals surface area contributed by atoms with Gasteiger partial charge in [-0.05, 0) is 63.3 Å². The van der Waals surface area contributed by atoms with Crippen molar-refractivity contribution in [1.29, 1.82) is 0 Å². The van der Waals surface area contributed by atoms with Crippen molar-refractivity contribution in [2.75, 3.05) is 27.2 Å². The van der Waals surface area contributed by atoms with Gasteiger partial charge in [-0.1, -0.05) is 6.07 Å². The molecule has 2 rings (SSSR count). The van der Waals surface area contributed by atoms with Crippen LogP contribution in [0, 0.1) is 5.82 Å². The van der Waals surface area contributed by atoms with Crippen LogP contribution in [0.3, 0.4) is 0 Å². The molecule has 0 radical (unpaired) electrons. The van der Waals surface area contributed by atoms with Gasteiger partial charge < -0.3 is 10.6 Å². The number of nitrogens with zero attached hydrogens (tertiary/aromatic N) is 2. The first kappa shape index (κ1) is 14.4. The minimum absolute atomic E-state index is 0.203. The zero-order valence-corrected chi connectivity index (χ0v) is 11.9. The van der Waals surface area contributed by atoms with Crippen LogP contribution in [0.2, 0.25) is 0 Å². The van der Waals surface area contributed by atoms with Gasteiger partial charge in [-0.3, -0.25) is 4.90 Å². The van der Waals surface area contributed by atoms with Gasteiger partial charge in [0.2, 0.25) is 0 Å². The number of likely N-dealkylation sites (tertiary alicyclic amines) is 1. The molecule has 0 atom stereocenters. The Morgan fingerprint density at radius 2 is 2.00 bits per heavy atom. The Balaban J connectivity index is 2.00. The van der Waals surface area contributed by atoms with Gasteiger partial charge in [-0.15, -0.1) is 0 Å². The number of hydrogen-bond acceptors (Lipinski definition) is 3. The van der Waals surface area contributed by atoms with Gasteiger partial charge in [0.15, 0.2) is 0 Å². The molecule has 0 spiro atoms. The third-order valence-corrected chi connectivity index (χ3v) is 4.12. The van der Waals surface area contributed by atoms with Crippen LogP contribution >= 0.6 is 0 Å². The average molecular weight is 265 g/mol. The maximum absolute atomic E-state index is 13.2. The van der Waals surface area contributed by atoms with Gasteiger partial charge in [0, 0.05) is 19.1 Å². The molecule has 0 bridgehead atoms. The van der Waals surface area contributed by atoms with Gasteiger partial charge in [0.05, 0.1) is 0 Å². The van der Waals surface area contributed by atoms with Crippen molar-refractivity contribution in [1.82, 2.24) is 9.80 Å². The summed E-state index contributed by atoms with van der Waals surface area (Å²) in [6.07, 6.45) is 2.40. The molecule has 0 unspecified atom stereocenters. The molecular formula is C15H24FN3. The van der Waals surface area contributed by atoms with E-state index in [-0.39, 0.29) is 5.82 Å². The minimum atomic E-state index is -0.203. The van der Waals surface area contributed by atoms with Crippen LogP contribution in [0.25, 0.3) is 0 Å². The average Bonchev–Trinajstić information content (AvgIpc) is 2.41. The highest BCUT2D eigenvalue weighted by molar-refractivity contribution is 5.27. The molecule has 1 saturated heterocycles. The van der Waals surface area contributed by atoms with E-state index in [0.29, 0.717) is 12.6 Å². The first-order valence-corrected chi connectivity index (χ1v) is 6.96. The Kier molecular flexibility index (Phi) is 4.91. The summed E-state index contributed by atoms with van der Waals surface area (Å²) in [5, 5.41) is 0. The maximum atomic E-state index is 13.2. The van der Waals surface area contributed by atoms with E-state index >= 15 is 0 Å². The molecule has 2 N–H and O–H groups in total. The summed E-state index contributed by atoms with van der Waals surface area (Å²) in [6, 6.07) is 5.56. The van der Waals surface area contributed by atoms with Crippen molar-refractivity contribution in [3.8, 4) is 0 Å². The van der Waals surface area contributed by atoms with Crippen molar-refractivity contribution in [3.05, 3.63) is 35.1 Å². The van der Waals surface area contributed by atoms with E-state index in [0.717, 1.165) is 30.8 Å². The molecule has 1 aliphatic heterocycles. The predicted octanol–water partition coefficient (Wildman–Crippen LogP) is 1.81. The van der Waals surface area contributed by atoms with E-state index in [1.165, 1.54) is 18.9 Å². The SMILES string of the molecule is CN1CCC(N(C)Cc2ccc(F)cc2CN)CC1. The smallest absolute Gasteiger partial charge is 0.123 e. The van der Waals surface area contributed by atoms with E-state index in [9.17, 15) is 4.39 Å². The fourth-order valence-corrected chi connectivity index (χ4v) is 2.77. The third-order valence-electron chi connectivity index (χ3n) is 4.12. The van der Waals surface area contributed by atoms with Crippen LogP contribution in [-0.2, 0) is 13.1 Å². The van der Waals surface area contributed by atoms with Crippen molar-refractivity contribution < 1.29 is 4.39 Å². The highest BCUT2D eigenvalue weighted by atomic mass is 19.1. The van der Waals surface area contributed by atoms with Crippen molar-refractivity contribution in [3.63, 3.8) is 0 Å². The van der Waals surface area contributed by atoms with Gasteiger partial charge in [-0.25, -0.2) is 4.39 Å². The minimum Gasteiger partial charge on any atom is -0.326 e. The molecule has 106 valence electrons. The van der Waals surface area contributed by atoms with Crippen LogP contribution in [0.4, 0.5) is 4.39 Å². The van der Waals surface area contributed by atoms with Crippen LogP contribution in [-0.4, -0.2) is 43.0 Å². The summed E-state index contributed by atoms with van der Waals surface area (Å²) in [5.74, 6) is -0.203. The van der Waals surface area contributed by atoms with Crippen LogP contribution in [0.15, 0.2) is 18.2 Å². The second kappa shape index (κ2) is 6.46. The van der Waals surface area contributed by atoms with E-state index in [2.05, 4.69) is 23.9 Å². The third kappa shape index (κ3) is 3.75. The first-order chi connectivity index (χ1) is 9.10. The van der Waals surface area contributed by atoms with Gasteiger partial charge in [0.25, 0.3) is 0 Å². The zero-order chi connectivity index (χ0) is 13.8. The maximum Gasteiger partial charge on any atom is 0.123 e. The molecule has 1 aromatic carbocycles. The Labute approximate surface area is 115 Å². The lowest BCUT2D eigenvalue weighted by molar-refractivity contribution is 0.139. The largest absolute Gasteiger partial charge is 0.326 e. The zero-order valence-electron chi connectivity index (χ0n) is 11.9. The van der Waals surface area contributed by atoms with Gasteiger partial charge in [-0.2, -0.15) is 0 Å².